The van der Waals surface area contributed by atoms with Gasteiger partial charge in [-0.1, -0.05) is 17.7 Å². The maximum Gasteiger partial charge on any atom is 0.264 e. The van der Waals surface area contributed by atoms with Gasteiger partial charge in [0.2, 0.25) is 5.43 Å². The Labute approximate surface area is 172 Å². The number of benzene rings is 2. The Kier molecular flexibility index (Phi) is 5.76. The quantitative estimate of drug-likeness (QED) is 0.586. The Morgan fingerprint density at radius 3 is 2.59 bits per heavy atom. The zero-order valence-electron chi connectivity index (χ0n) is 15.5. The molecule has 1 amide bonds. The average Bonchev–Trinajstić information content (AvgIpc) is 2.72. The second-order valence-corrected chi connectivity index (χ2v) is 8.59. The highest BCUT2D eigenvalue weighted by molar-refractivity contribution is 7.92. The lowest BCUT2D eigenvalue weighted by atomic mass is 10.1. The molecule has 0 unspecified atom stereocenters. The van der Waals surface area contributed by atoms with E-state index in [1.807, 2.05) is 0 Å². The van der Waals surface area contributed by atoms with Gasteiger partial charge in [0.25, 0.3) is 15.9 Å². The Hall–Kier alpha value is -3.10. The lowest BCUT2D eigenvalue weighted by Gasteiger charge is -2.19. The average molecular weight is 432 g/mol. The van der Waals surface area contributed by atoms with E-state index in [9.17, 15) is 18.0 Å². The summed E-state index contributed by atoms with van der Waals surface area (Å²) < 4.78 is 27.1. The number of halogens is 1. The van der Waals surface area contributed by atoms with Gasteiger partial charge in [0.15, 0.2) is 0 Å². The molecular weight excluding hydrogens is 414 g/mol. The molecule has 0 aliphatic heterocycles. The van der Waals surface area contributed by atoms with Crippen molar-refractivity contribution in [1.29, 1.82) is 0 Å². The minimum atomic E-state index is -3.94. The third kappa shape index (κ3) is 4.03. The van der Waals surface area contributed by atoms with Crippen molar-refractivity contribution < 1.29 is 13.2 Å². The Bertz CT molecular complexity index is 1250. The summed E-state index contributed by atoms with van der Waals surface area (Å²) in [6.45, 7) is 3.71. The monoisotopic (exact) mass is 431 g/mol. The molecule has 0 saturated carbocycles. The van der Waals surface area contributed by atoms with Gasteiger partial charge >= 0.3 is 0 Å². The van der Waals surface area contributed by atoms with Crippen LogP contribution in [-0.4, -0.2) is 32.9 Å². The van der Waals surface area contributed by atoms with Crippen molar-refractivity contribution in [3.05, 3.63) is 82.1 Å². The fourth-order valence-corrected chi connectivity index (χ4v) is 4.08. The first kappa shape index (κ1) is 20.6. The zero-order chi connectivity index (χ0) is 21.2. The number of nitrogens with one attached hydrogen (secondary N) is 2. The third-order valence-electron chi connectivity index (χ3n) is 4.35. The summed E-state index contributed by atoms with van der Waals surface area (Å²) in [6, 6.07) is 10.5. The number of carbonyl (C=O) groups is 1. The van der Waals surface area contributed by atoms with Crippen LogP contribution in [0, 0.1) is 0 Å². The van der Waals surface area contributed by atoms with Crippen molar-refractivity contribution >= 4 is 44.1 Å². The summed E-state index contributed by atoms with van der Waals surface area (Å²) in [5, 5.41) is 3.11. The number of hydrogen-bond donors (Lipinski definition) is 2. The van der Waals surface area contributed by atoms with E-state index in [0.29, 0.717) is 16.2 Å². The summed E-state index contributed by atoms with van der Waals surface area (Å²) in [7, 11) is -2.53. The number of pyridine rings is 1. The largest absolute Gasteiger partial charge is 0.360 e. The molecule has 0 atom stereocenters. The molecule has 150 valence electrons. The molecule has 29 heavy (non-hydrogen) atoms. The molecule has 0 fully saturated rings. The second kappa shape index (κ2) is 8.10. The van der Waals surface area contributed by atoms with Gasteiger partial charge in [-0.15, -0.1) is 6.58 Å². The van der Waals surface area contributed by atoms with E-state index < -0.39 is 21.4 Å². The van der Waals surface area contributed by atoms with E-state index in [0.717, 1.165) is 4.31 Å². The lowest BCUT2D eigenvalue weighted by Crippen LogP contribution is -2.29. The van der Waals surface area contributed by atoms with Crippen LogP contribution >= 0.6 is 11.6 Å². The van der Waals surface area contributed by atoms with Crippen LogP contribution in [0.4, 0.5) is 5.69 Å². The predicted octanol–water partition coefficient (Wildman–Crippen LogP) is 2.92. The molecule has 0 spiro atoms. The topological polar surface area (TPSA) is 99.3 Å². The summed E-state index contributed by atoms with van der Waals surface area (Å²) in [5.41, 5.74) is 0.163. The molecule has 0 aliphatic carbocycles. The van der Waals surface area contributed by atoms with Gasteiger partial charge in [-0.2, -0.15) is 0 Å². The molecule has 7 nitrogen and oxygen atoms in total. The fraction of sp³-hybridized carbons (Fsp3) is 0.100. The molecule has 0 saturated heterocycles. The first-order valence-electron chi connectivity index (χ1n) is 8.54. The van der Waals surface area contributed by atoms with Gasteiger partial charge in [-0.25, -0.2) is 8.42 Å². The summed E-state index contributed by atoms with van der Waals surface area (Å²) in [4.78, 5) is 27.7. The molecule has 1 heterocycles. The Morgan fingerprint density at radius 1 is 1.24 bits per heavy atom. The number of anilines is 1. The molecule has 1 aromatic heterocycles. The Morgan fingerprint density at radius 2 is 1.93 bits per heavy atom. The smallest absolute Gasteiger partial charge is 0.264 e. The molecule has 0 radical (unpaired) electrons. The van der Waals surface area contributed by atoms with E-state index in [2.05, 4.69) is 16.9 Å². The summed E-state index contributed by atoms with van der Waals surface area (Å²) in [5.74, 6) is -0.570. The minimum absolute atomic E-state index is 0.0726. The van der Waals surface area contributed by atoms with Gasteiger partial charge in [0.05, 0.1) is 10.6 Å². The van der Waals surface area contributed by atoms with Crippen molar-refractivity contribution in [2.45, 2.75) is 4.90 Å². The van der Waals surface area contributed by atoms with Gasteiger partial charge in [0, 0.05) is 35.7 Å². The van der Waals surface area contributed by atoms with Gasteiger partial charge in [0.1, 0.15) is 5.56 Å². The number of aromatic nitrogens is 1. The number of sulfonamides is 1. The molecule has 2 aromatic carbocycles. The standard InChI is InChI=1S/C20H18ClN3O4S/c1-3-10-22-20(26)17-12-23-18-9-8-15(11-16(18)19(17)25)29(27,28)24(2)14-6-4-13(21)5-7-14/h3-9,11-12H,1,10H2,2H3,(H,22,26)(H,23,25). The Balaban J connectivity index is 2.06. The van der Waals surface area contributed by atoms with Crippen LogP contribution in [-0.2, 0) is 10.0 Å². The lowest BCUT2D eigenvalue weighted by molar-refractivity contribution is 0.0957. The third-order valence-corrected chi connectivity index (χ3v) is 6.39. The van der Waals surface area contributed by atoms with Crippen molar-refractivity contribution in [1.82, 2.24) is 10.3 Å². The maximum absolute atomic E-state index is 13.0. The highest BCUT2D eigenvalue weighted by Crippen LogP contribution is 2.25. The first-order valence-corrected chi connectivity index (χ1v) is 10.4. The van der Waals surface area contributed by atoms with Crippen LogP contribution < -0.4 is 15.1 Å². The number of nitrogens with zero attached hydrogens (tertiary/aromatic N) is 1. The zero-order valence-corrected chi connectivity index (χ0v) is 17.0. The van der Waals surface area contributed by atoms with Crippen LogP contribution in [0.25, 0.3) is 10.9 Å². The van der Waals surface area contributed by atoms with E-state index in [1.165, 1.54) is 37.5 Å². The van der Waals surface area contributed by atoms with Crippen LogP contribution in [0.1, 0.15) is 10.4 Å². The molecule has 2 N–H and O–H groups in total. The van der Waals surface area contributed by atoms with E-state index in [1.54, 1.807) is 24.3 Å². The maximum atomic E-state index is 13.0. The number of amides is 1. The van der Waals surface area contributed by atoms with Crippen LogP contribution in [0.2, 0.25) is 5.02 Å². The highest BCUT2D eigenvalue weighted by atomic mass is 35.5. The number of rotatable bonds is 6. The molecule has 0 bridgehead atoms. The molecular formula is C20H18ClN3O4S. The minimum Gasteiger partial charge on any atom is -0.360 e. The van der Waals surface area contributed by atoms with Crippen molar-refractivity contribution in [2.24, 2.45) is 0 Å². The van der Waals surface area contributed by atoms with Crippen molar-refractivity contribution in [3.63, 3.8) is 0 Å². The highest BCUT2D eigenvalue weighted by Gasteiger charge is 2.23. The van der Waals surface area contributed by atoms with Crippen molar-refractivity contribution in [3.8, 4) is 0 Å². The number of hydrogen-bond acceptors (Lipinski definition) is 4. The number of carbonyl (C=O) groups excluding carboxylic acids is 1. The van der Waals surface area contributed by atoms with Crippen molar-refractivity contribution in [2.75, 3.05) is 17.9 Å². The van der Waals surface area contributed by atoms with Crippen LogP contribution in [0.5, 0.6) is 0 Å². The first-order chi connectivity index (χ1) is 13.8. The van der Waals surface area contributed by atoms with Crippen LogP contribution in [0.15, 0.2) is 71.0 Å². The normalized spacial score (nSPS) is 11.2. The van der Waals surface area contributed by atoms with Crippen LogP contribution in [0.3, 0.4) is 0 Å². The van der Waals surface area contributed by atoms with Gasteiger partial charge in [-0.05, 0) is 42.5 Å². The molecule has 3 aromatic rings. The van der Waals surface area contributed by atoms with E-state index in [4.69, 9.17) is 11.6 Å². The number of aromatic amines is 1. The molecule has 0 aliphatic rings. The van der Waals surface area contributed by atoms with Gasteiger partial charge < -0.3 is 10.3 Å². The van der Waals surface area contributed by atoms with Gasteiger partial charge in [-0.3, -0.25) is 13.9 Å². The number of fused-ring (bicyclic) bond motifs is 1. The SMILES string of the molecule is C=CCNC(=O)c1c[nH]c2ccc(S(=O)(=O)N(C)c3ccc(Cl)cc3)cc2c1=O. The number of H-pyrrole nitrogens is 1. The molecule has 9 heteroatoms. The summed E-state index contributed by atoms with van der Waals surface area (Å²) >= 11 is 5.86. The summed E-state index contributed by atoms with van der Waals surface area (Å²) in [6.07, 6.45) is 2.79. The second-order valence-electron chi connectivity index (χ2n) is 6.19. The fourth-order valence-electron chi connectivity index (χ4n) is 2.73. The molecule has 3 rings (SSSR count). The van der Waals surface area contributed by atoms with E-state index >= 15 is 0 Å². The van der Waals surface area contributed by atoms with E-state index in [-0.39, 0.29) is 22.4 Å². The predicted molar refractivity (Wildman–Crippen MR) is 114 cm³/mol.